The van der Waals surface area contributed by atoms with Crippen molar-refractivity contribution >= 4 is 32.6 Å². The summed E-state index contributed by atoms with van der Waals surface area (Å²) in [7, 11) is 0. The van der Waals surface area contributed by atoms with E-state index in [4.69, 9.17) is 0 Å². The smallest absolute Gasteiger partial charge is 0.0547 e. The van der Waals surface area contributed by atoms with Gasteiger partial charge in [-0.1, -0.05) is 103 Å². The molecule has 0 saturated carbocycles. The topological polar surface area (TPSA) is 4.93 Å². The van der Waals surface area contributed by atoms with E-state index in [1.54, 1.807) is 0 Å². The quantitative estimate of drug-likeness (QED) is 0.248. The molecule has 0 atom stereocenters. The van der Waals surface area contributed by atoms with Crippen LogP contribution in [-0.4, -0.2) is 4.57 Å². The summed E-state index contributed by atoms with van der Waals surface area (Å²) < 4.78 is 2.45. The third kappa shape index (κ3) is 3.32. The standard InChI is InChI=1S/C35H25N/c1-24-16-18-32-34(20-24)36(33-19-17-27-14-8-9-15-31(27)35(32)33)30-22-28(25-10-4-2-5-11-25)21-29(23-30)26-12-6-3-7-13-26/h2-23H,1H3. The van der Waals surface area contributed by atoms with Gasteiger partial charge in [-0.05, 0) is 75.8 Å². The summed E-state index contributed by atoms with van der Waals surface area (Å²) in [5.74, 6) is 0. The summed E-state index contributed by atoms with van der Waals surface area (Å²) >= 11 is 0. The average Bonchev–Trinajstić information content (AvgIpc) is 3.27. The molecule has 7 aromatic rings. The van der Waals surface area contributed by atoms with Crippen LogP contribution in [0.25, 0.3) is 60.5 Å². The molecule has 0 aliphatic rings. The van der Waals surface area contributed by atoms with Gasteiger partial charge in [-0.25, -0.2) is 0 Å². The minimum Gasteiger partial charge on any atom is -0.309 e. The zero-order valence-electron chi connectivity index (χ0n) is 20.1. The molecule has 0 amide bonds. The highest BCUT2D eigenvalue weighted by Gasteiger charge is 2.16. The Morgan fingerprint density at radius 3 is 1.78 bits per heavy atom. The van der Waals surface area contributed by atoms with Crippen LogP contribution in [0.2, 0.25) is 0 Å². The first-order valence-electron chi connectivity index (χ1n) is 12.5. The molecule has 0 N–H and O–H groups in total. The largest absolute Gasteiger partial charge is 0.309 e. The van der Waals surface area contributed by atoms with Gasteiger partial charge in [-0.2, -0.15) is 0 Å². The number of aryl methyl sites for hydroxylation is 1. The monoisotopic (exact) mass is 459 g/mol. The van der Waals surface area contributed by atoms with Crippen molar-refractivity contribution in [1.29, 1.82) is 0 Å². The summed E-state index contributed by atoms with van der Waals surface area (Å²) in [4.78, 5) is 0. The minimum atomic E-state index is 1.18. The highest BCUT2D eigenvalue weighted by atomic mass is 15.0. The minimum absolute atomic E-state index is 1.18. The van der Waals surface area contributed by atoms with E-state index in [2.05, 4.69) is 145 Å². The van der Waals surface area contributed by atoms with Crippen molar-refractivity contribution in [3.63, 3.8) is 0 Å². The van der Waals surface area contributed by atoms with Gasteiger partial charge in [0.1, 0.15) is 0 Å². The molecule has 0 bridgehead atoms. The molecule has 0 fully saturated rings. The molecule has 170 valence electrons. The van der Waals surface area contributed by atoms with E-state index in [1.165, 1.54) is 66.1 Å². The Balaban J connectivity index is 1.61. The van der Waals surface area contributed by atoms with Gasteiger partial charge < -0.3 is 4.57 Å². The van der Waals surface area contributed by atoms with Crippen LogP contribution in [0.15, 0.2) is 133 Å². The van der Waals surface area contributed by atoms with Gasteiger partial charge in [0.15, 0.2) is 0 Å². The molecule has 1 heterocycles. The third-order valence-electron chi connectivity index (χ3n) is 7.20. The van der Waals surface area contributed by atoms with Crippen molar-refractivity contribution in [3.05, 3.63) is 139 Å². The first-order chi connectivity index (χ1) is 17.8. The lowest BCUT2D eigenvalue weighted by Crippen LogP contribution is -1.96. The Labute approximate surface area is 210 Å². The van der Waals surface area contributed by atoms with Gasteiger partial charge in [0.25, 0.3) is 0 Å². The van der Waals surface area contributed by atoms with Crippen molar-refractivity contribution in [2.45, 2.75) is 6.92 Å². The SMILES string of the molecule is Cc1ccc2c3c4ccccc4ccc3n(-c3cc(-c4ccccc4)cc(-c4ccccc4)c3)c2c1. The molecular weight excluding hydrogens is 434 g/mol. The normalized spacial score (nSPS) is 11.5. The zero-order valence-corrected chi connectivity index (χ0v) is 20.1. The molecule has 6 aromatic carbocycles. The lowest BCUT2D eigenvalue weighted by atomic mass is 9.98. The average molecular weight is 460 g/mol. The number of fused-ring (bicyclic) bond motifs is 5. The maximum atomic E-state index is 2.45. The molecule has 36 heavy (non-hydrogen) atoms. The molecule has 0 unspecified atom stereocenters. The summed E-state index contributed by atoms with van der Waals surface area (Å²) in [5, 5.41) is 5.17. The highest BCUT2D eigenvalue weighted by Crippen LogP contribution is 2.39. The van der Waals surface area contributed by atoms with Gasteiger partial charge in [-0.15, -0.1) is 0 Å². The second-order valence-corrected chi connectivity index (χ2v) is 9.54. The van der Waals surface area contributed by atoms with Crippen LogP contribution in [0.3, 0.4) is 0 Å². The van der Waals surface area contributed by atoms with Crippen molar-refractivity contribution in [2.24, 2.45) is 0 Å². The number of nitrogens with zero attached hydrogens (tertiary/aromatic N) is 1. The van der Waals surface area contributed by atoms with Crippen LogP contribution in [0.1, 0.15) is 5.56 Å². The molecule has 1 aromatic heterocycles. The number of benzene rings is 6. The Hall–Kier alpha value is -4.62. The van der Waals surface area contributed by atoms with E-state index >= 15 is 0 Å². The molecule has 0 radical (unpaired) electrons. The van der Waals surface area contributed by atoms with Crippen molar-refractivity contribution < 1.29 is 0 Å². The Morgan fingerprint density at radius 1 is 0.444 bits per heavy atom. The van der Waals surface area contributed by atoms with E-state index in [0.717, 1.165) is 0 Å². The predicted molar refractivity (Wildman–Crippen MR) is 154 cm³/mol. The molecule has 0 aliphatic heterocycles. The summed E-state index contributed by atoms with van der Waals surface area (Å²) in [6.45, 7) is 2.18. The van der Waals surface area contributed by atoms with Crippen molar-refractivity contribution in [1.82, 2.24) is 4.57 Å². The fraction of sp³-hybridized carbons (Fsp3) is 0.0286. The second kappa shape index (κ2) is 8.25. The van der Waals surface area contributed by atoms with Crippen LogP contribution < -0.4 is 0 Å². The van der Waals surface area contributed by atoms with Gasteiger partial charge in [0.2, 0.25) is 0 Å². The van der Waals surface area contributed by atoms with E-state index in [1.807, 2.05) is 0 Å². The predicted octanol–water partition coefficient (Wildman–Crippen LogP) is 9.58. The second-order valence-electron chi connectivity index (χ2n) is 9.54. The number of rotatable bonds is 3. The van der Waals surface area contributed by atoms with Gasteiger partial charge >= 0.3 is 0 Å². The molecular formula is C35H25N. The fourth-order valence-electron chi connectivity index (χ4n) is 5.51. The van der Waals surface area contributed by atoms with Crippen LogP contribution in [0.4, 0.5) is 0 Å². The molecule has 0 spiro atoms. The first kappa shape index (κ1) is 20.7. The summed E-state index contributed by atoms with van der Waals surface area (Å²) in [6.07, 6.45) is 0. The first-order valence-corrected chi connectivity index (χ1v) is 12.5. The summed E-state index contributed by atoms with van der Waals surface area (Å²) in [5.41, 5.74) is 9.79. The van der Waals surface area contributed by atoms with E-state index in [0.29, 0.717) is 0 Å². The molecule has 0 saturated heterocycles. The third-order valence-corrected chi connectivity index (χ3v) is 7.20. The van der Waals surface area contributed by atoms with Gasteiger partial charge in [-0.3, -0.25) is 0 Å². The van der Waals surface area contributed by atoms with Crippen molar-refractivity contribution in [2.75, 3.05) is 0 Å². The van der Waals surface area contributed by atoms with Crippen molar-refractivity contribution in [3.8, 4) is 27.9 Å². The van der Waals surface area contributed by atoms with Crippen LogP contribution >= 0.6 is 0 Å². The van der Waals surface area contributed by atoms with E-state index in [-0.39, 0.29) is 0 Å². The Kier molecular flexibility index (Phi) is 4.75. The maximum Gasteiger partial charge on any atom is 0.0547 e. The van der Waals surface area contributed by atoms with Gasteiger partial charge in [0, 0.05) is 16.5 Å². The highest BCUT2D eigenvalue weighted by molar-refractivity contribution is 6.21. The summed E-state index contributed by atoms with van der Waals surface area (Å²) in [6, 6.07) is 48.4. The fourth-order valence-corrected chi connectivity index (χ4v) is 5.51. The number of hydrogen-bond donors (Lipinski definition) is 0. The lowest BCUT2D eigenvalue weighted by molar-refractivity contribution is 1.18. The molecule has 0 aliphatic carbocycles. The van der Waals surface area contributed by atoms with E-state index < -0.39 is 0 Å². The number of aromatic nitrogens is 1. The molecule has 1 heteroatoms. The Bertz CT molecular complexity index is 1820. The number of hydrogen-bond acceptors (Lipinski definition) is 0. The lowest BCUT2D eigenvalue weighted by Gasteiger charge is -2.14. The Morgan fingerprint density at radius 2 is 1.08 bits per heavy atom. The molecule has 7 rings (SSSR count). The van der Waals surface area contributed by atoms with Gasteiger partial charge in [0.05, 0.1) is 11.0 Å². The van der Waals surface area contributed by atoms with E-state index in [9.17, 15) is 0 Å². The van der Waals surface area contributed by atoms with Crippen LogP contribution in [0.5, 0.6) is 0 Å². The van der Waals surface area contributed by atoms with Crippen LogP contribution in [0, 0.1) is 6.92 Å². The molecule has 1 nitrogen and oxygen atoms in total. The maximum absolute atomic E-state index is 2.45. The van der Waals surface area contributed by atoms with Crippen LogP contribution in [-0.2, 0) is 0 Å². The zero-order chi connectivity index (χ0) is 24.1.